The van der Waals surface area contributed by atoms with Gasteiger partial charge in [0.25, 0.3) is 5.19 Å². The van der Waals surface area contributed by atoms with E-state index < -0.39 is 0 Å². The number of carbonyl (C=O) groups is 1. The lowest BCUT2D eigenvalue weighted by molar-refractivity contribution is -0.131. The number of benzene rings is 1. The maximum Gasteiger partial charge on any atom is 0.281 e. The topological polar surface area (TPSA) is 71.7 Å². The number of piperazine rings is 1. The smallest absolute Gasteiger partial charge is 0.281 e. The second-order valence-electron chi connectivity index (χ2n) is 7.97. The van der Waals surface area contributed by atoms with Crippen LogP contribution in [-0.2, 0) is 11.3 Å². The second-order valence-corrected chi connectivity index (χ2v) is 8.91. The van der Waals surface area contributed by atoms with Crippen molar-refractivity contribution in [2.45, 2.75) is 32.0 Å². The molecule has 0 unspecified atom stereocenters. The van der Waals surface area contributed by atoms with E-state index >= 15 is 0 Å². The first-order valence-electron chi connectivity index (χ1n) is 10.0. The highest BCUT2D eigenvalue weighted by molar-refractivity contribution is 7.19. The van der Waals surface area contributed by atoms with Crippen LogP contribution in [0.1, 0.15) is 18.9 Å². The third-order valence-electron chi connectivity index (χ3n) is 6.11. The number of hydrogen-bond donors (Lipinski definition) is 0. The Morgan fingerprint density at radius 3 is 3.03 bits per heavy atom. The van der Waals surface area contributed by atoms with Crippen molar-refractivity contribution < 1.29 is 13.9 Å². The highest BCUT2D eigenvalue weighted by Gasteiger charge is 2.44. The summed E-state index contributed by atoms with van der Waals surface area (Å²) in [6.07, 6.45) is 4.67. The normalized spacial score (nSPS) is 21.2. The lowest BCUT2D eigenvalue weighted by atomic mass is 10.1. The van der Waals surface area contributed by atoms with Crippen LogP contribution in [0.4, 0.5) is 0 Å². The molecule has 2 saturated heterocycles. The van der Waals surface area contributed by atoms with Crippen LogP contribution in [0.5, 0.6) is 10.9 Å². The standard InChI is InChI=1S/C22H20N4O3S/c1-13(27)26-11-15-7-16(26)10-25(15)9-14-12-28-20-8-17(4-5-18(14)20)29-22-24-19-3-2-6-23-21(19)30-22/h2-6,8,12,15-16H,7,9-11H2,1H3/t15-,16-/m0/s1. The Morgan fingerprint density at radius 2 is 2.23 bits per heavy atom. The maximum atomic E-state index is 11.7. The summed E-state index contributed by atoms with van der Waals surface area (Å²) in [6.45, 7) is 4.28. The number of thiazole rings is 1. The van der Waals surface area contributed by atoms with Crippen molar-refractivity contribution >= 4 is 38.6 Å². The van der Waals surface area contributed by atoms with Crippen LogP contribution in [0.25, 0.3) is 21.3 Å². The van der Waals surface area contributed by atoms with Crippen molar-refractivity contribution in [1.29, 1.82) is 0 Å². The van der Waals surface area contributed by atoms with Gasteiger partial charge in [-0.05, 0) is 30.7 Å². The fourth-order valence-corrected chi connectivity index (χ4v) is 5.47. The van der Waals surface area contributed by atoms with Gasteiger partial charge in [0.05, 0.1) is 6.26 Å². The Hall–Kier alpha value is -2.97. The van der Waals surface area contributed by atoms with Gasteiger partial charge < -0.3 is 14.1 Å². The van der Waals surface area contributed by atoms with Crippen LogP contribution in [0.2, 0.25) is 0 Å². The molecule has 2 aliphatic heterocycles. The molecule has 2 aliphatic rings. The first-order chi connectivity index (χ1) is 14.6. The molecule has 2 atom stereocenters. The molecule has 30 heavy (non-hydrogen) atoms. The Balaban J connectivity index is 1.20. The fourth-order valence-electron chi connectivity index (χ4n) is 4.69. The summed E-state index contributed by atoms with van der Waals surface area (Å²) in [5, 5.41) is 1.66. The van der Waals surface area contributed by atoms with Crippen molar-refractivity contribution in [3.8, 4) is 10.9 Å². The number of carbonyl (C=O) groups excluding carboxylic acids is 1. The summed E-state index contributed by atoms with van der Waals surface area (Å²) in [5.41, 5.74) is 2.81. The predicted octanol–water partition coefficient (Wildman–Crippen LogP) is 4.03. The van der Waals surface area contributed by atoms with Gasteiger partial charge in [-0.15, -0.1) is 0 Å². The van der Waals surface area contributed by atoms with Crippen molar-refractivity contribution in [3.05, 3.63) is 48.4 Å². The molecule has 1 amide bonds. The number of fused-ring (bicyclic) bond motifs is 4. The maximum absolute atomic E-state index is 11.7. The number of pyridine rings is 1. The van der Waals surface area contributed by atoms with Crippen molar-refractivity contribution in [2.24, 2.45) is 0 Å². The van der Waals surface area contributed by atoms with E-state index in [1.807, 2.05) is 41.5 Å². The lowest BCUT2D eigenvalue weighted by Crippen LogP contribution is -2.47. The van der Waals surface area contributed by atoms with Gasteiger partial charge in [-0.3, -0.25) is 9.69 Å². The number of likely N-dealkylation sites (tertiary alicyclic amines) is 2. The van der Waals surface area contributed by atoms with Gasteiger partial charge in [-0.25, -0.2) is 9.97 Å². The van der Waals surface area contributed by atoms with E-state index in [9.17, 15) is 4.79 Å². The molecule has 5 heterocycles. The van der Waals surface area contributed by atoms with Crippen LogP contribution in [0.15, 0.2) is 47.2 Å². The molecular formula is C22H20N4O3S. The molecule has 2 bridgehead atoms. The number of aromatic nitrogens is 2. The van der Waals surface area contributed by atoms with Gasteiger partial charge in [0, 0.05) is 61.9 Å². The molecule has 0 aliphatic carbocycles. The lowest BCUT2D eigenvalue weighted by Gasteiger charge is -2.33. The molecule has 6 rings (SSSR count). The molecule has 2 fully saturated rings. The summed E-state index contributed by atoms with van der Waals surface area (Å²) in [6, 6.07) is 10.5. The molecule has 1 aromatic carbocycles. The SMILES string of the molecule is CC(=O)N1C[C@@H]2C[C@H]1CN2Cc1coc2cc(Oc3nc4cccnc4s3)ccc12. The molecule has 0 radical (unpaired) electrons. The molecule has 7 nitrogen and oxygen atoms in total. The average Bonchev–Trinajstić information content (AvgIpc) is 3.50. The monoisotopic (exact) mass is 420 g/mol. The summed E-state index contributed by atoms with van der Waals surface area (Å²) in [4.78, 5) is 25.8. The van der Waals surface area contributed by atoms with Gasteiger partial charge in [0.2, 0.25) is 5.91 Å². The third-order valence-corrected chi connectivity index (χ3v) is 6.97. The molecule has 0 spiro atoms. The third kappa shape index (κ3) is 2.95. The van der Waals surface area contributed by atoms with Gasteiger partial charge >= 0.3 is 0 Å². The minimum Gasteiger partial charge on any atom is -0.464 e. The van der Waals surface area contributed by atoms with Gasteiger partial charge in [0.1, 0.15) is 21.7 Å². The number of amides is 1. The Bertz CT molecular complexity index is 1230. The van der Waals surface area contributed by atoms with Crippen molar-refractivity contribution in [1.82, 2.24) is 19.8 Å². The number of furan rings is 1. The second kappa shape index (κ2) is 6.78. The highest BCUT2D eigenvalue weighted by atomic mass is 32.1. The Kier molecular flexibility index (Phi) is 4.04. The number of ether oxygens (including phenoxy) is 1. The van der Waals surface area contributed by atoms with Crippen LogP contribution >= 0.6 is 11.3 Å². The largest absolute Gasteiger partial charge is 0.464 e. The highest BCUT2D eigenvalue weighted by Crippen LogP contribution is 2.35. The van der Waals surface area contributed by atoms with Gasteiger partial charge in [-0.2, -0.15) is 0 Å². The Morgan fingerprint density at radius 1 is 1.30 bits per heavy atom. The van der Waals surface area contributed by atoms with Crippen LogP contribution < -0.4 is 4.74 Å². The van der Waals surface area contributed by atoms with E-state index in [2.05, 4.69) is 14.9 Å². The van der Waals surface area contributed by atoms with E-state index in [1.54, 1.807) is 13.1 Å². The molecule has 4 aromatic rings. The number of hydrogen-bond acceptors (Lipinski definition) is 7. The molecule has 152 valence electrons. The zero-order valence-corrected chi connectivity index (χ0v) is 17.3. The Labute approximate surface area is 176 Å². The van der Waals surface area contributed by atoms with Crippen LogP contribution in [0, 0.1) is 0 Å². The molecule has 0 N–H and O–H groups in total. The van der Waals surface area contributed by atoms with E-state index in [4.69, 9.17) is 9.15 Å². The van der Waals surface area contributed by atoms with Crippen molar-refractivity contribution in [2.75, 3.05) is 13.1 Å². The zero-order valence-electron chi connectivity index (χ0n) is 16.4. The van der Waals surface area contributed by atoms with Crippen LogP contribution in [0.3, 0.4) is 0 Å². The van der Waals surface area contributed by atoms with Gasteiger partial charge in [0.15, 0.2) is 0 Å². The first kappa shape index (κ1) is 17.9. The minimum absolute atomic E-state index is 0.187. The molecule has 0 saturated carbocycles. The summed E-state index contributed by atoms with van der Waals surface area (Å²) >= 11 is 1.42. The van der Waals surface area contributed by atoms with Gasteiger partial charge in [-0.1, -0.05) is 11.3 Å². The number of rotatable bonds is 4. The predicted molar refractivity (Wildman–Crippen MR) is 114 cm³/mol. The molecular weight excluding hydrogens is 400 g/mol. The van der Waals surface area contributed by atoms with E-state index in [0.717, 1.165) is 47.4 Å². The fraction of sp³-hybridized carbons (Fsp3) is 0.318. The van der Waals surface area contributed by atoms with E-state index in [1.165, 1.54) is 16.9 Å². The summed E-state index contributed by atoms with van der Waals surface area (Å²) in [5.74, 6) is 0.882. The first-order valence-corrected chi connectivity index (χ1v) is 10.9. The quantitative estimate of drug-likeness (QED) is 0.496. The summed E-state index contributed by atoms with van der Waals surface area (Å²) < 4.78 is 11.8. The minimum atomic E-state index is 0.187. The van der Waals surface area contributed by atoms with E-state index in [0.29, 0.717) is 23.0 Å². The van der Waals surface area contributed by atoms with Crippen molar-refractivity contribution in [3.63, 3.8) is 0 Å². The average molecular weight is 420 g/mol. The summed E-state index contributed by atoms with van der Waals surface area (Å²) in [7, 11) is 0. The number of nitrogens with zero attached hydrogens (tertiary/aromatic N) is 4. The zero-order chi connectivity index (χ0) is 20.2. The molecule has 3 aromatic heterocycles. The van der Waals surface area contributed by atoms with Crippen LogP contribution in [-0.4, -0.2) is 50.8 Å². The molecule has 8 heteroatoms. The van der Waals surface area contributed by atoms with E-state index in [-0.39, 0.29) is 5.91 Å².